The average molecular weight is 361 g/mol. The van der Waals surface area contributed by atoms with Crippen molar-refractivity contribution < 1.29 is 8.78 Å². The summed E-state index contributed by atoms with van der Waals surface area (Å²) >= 11 is 3.13. The molecule has 0 spiro atoms. The number of nitrogens with two attached hydrogens (primary N) is 1. The zero-order valence-corrected chi connectivity index (χ0v) is 14.4. The quantitative estimate of drug-likeness (QED) is 0.816. The first-order valence-corrected chi connectivity index (χ1v) is 8.15. The molecule has 2 nitrogen and oxygen atoms in total. The smallest absolute Gasteiger partial charge is 0.145 e. The summed E-state index contributed by atoms with van der Waals surface area (Å²) in [5.74, 6) is -0.507. The molecule has 0 aliphatic heterocycles. The molecule has 1 aliphatic carbocycles. The van der Waals surface area contributed by atoms with Crippen LogP contribution in [0.25, 0.3) is 0 Å². The van der Waals surface area contributed by atoms with E-state index < -0.39 is 23.2 Å². The molecule has 1 aromatic rings. The van der Waals surface area contributed by atoms with E-state index in [1.54, 1.807) is 0 Å². The highest BCUT2D eigenvalue weighted by Gasteiger charge is 2.44. The fourth-order valence-electron chi connectivity index (χ4n) is 3.39. The summed E-state index contributed by atoms with van der Waals surface area (Å²) in [5, 5.41) is 0. The molecule has 0 radical (unpaired) electrons. The highest BCUT2D eigenvalue weighted by Crippen LogP contribution is 2.44. The molecule has 1 fully saturated rings. The molecule has 1 unspecified atom stereocenters. The zero-order valence-electron chi connectivity index (χ0n) is 12.8. The lowest BCUT2D eigenvalue weighted by Crippen LogP contribution is -2.54. The highest BCUT2D eigenvalue weighted by molar-refractivity contribution is 9.10. The van der Waals surface area contributed by atoms with Crippen molar-refractivity contribution in [2.75, 3.05) is 14.1 Å². The molecular formula is C16H23BrF2N2. The average Bonchev–Trinajstić information content (AvgIpc) is 2.44. The van der Waals surface area contributed by atoms with Crippen LogP contribution in [-0.4, -0.2) is 24.5 Å². The van der Waals surface area contributed by atoms with Gasteiger partial charge in [0.05, 0.1) is 10.5 Å². The molecular weight excluding hydrogens is 338 g/mol. The van der Waals surface area contributed by atoms with Gasteiger partial charge in [-0.25, -0.2) is 8.78 Å². The standard InChI is InChI=1S/C16H23BrF2N2/c1-10-6-8-16(9-7-10,21(2)3)15(20)13-12(18)5-4-11(17)14(13)19/h4-5,10,15H,6-9,20H2,1-3H3. The van der Waals surface area contributed by atoms with Crippen molar-refractivity contribution >= 4 is 15.9 Å². The molecule has 0 aromatic heterocycles. The van der Waals surface area contributed by atoms with Gasteiger partial charge in [-0.1, -0.05) is 6.92 Å². The molecule has 21 heavy (non-hydrogen) atoms. The molecule has 1 atom stereocenters. The summed E-state index contributed by atoms with van der Waals surface area (Å²) in [4.78, 5) is 2.04. The summed E-state index contributed by atoms with van der Waals surface area (Å²) in [6.07, 6.45) is 3.77. The normalized spacial score (nSPS) is 27.9. The number of rotatable bonds is 3. The maximum atomic E-state index is 14.4. The largest absolute Gasteiger partial charge is 0.322 e. The monoisotopic (exact) mass is 360 g/mol. The Hall–Kier alpha value is -0.520. The number of benzene rings is 1. The van der Waals surface area contributed by atoms with Crippen LogP contribution in [0.4, 0.5) is 8.78 Å². The summed E-state index contributed by atoms with van der Waals surface area (Å²) in [7, 11) is 3.90. The van der Waals surface area contributed by atoms with Crippen LogP contribution in [0, 0.1) is 17.6 Å². The van der Waals surface area contributed by atoms with Gasteiger partial charge in [0.2, 0.25) is 0 Å². The lowest BCUT2D eigenvalue weighted by Gasteiger charge is -2.48. The maximum Gasteiger partial charge on any atom is 0.145 e. The van der Waals surface area contributed by atoms with Crippen LogP contribution in [-0.2, 0) is 0 Å². The predicted octanol–water partition coefficient (Wildman–Crippen LogP) is 4.24. The van der Waals surface area contributed by atoms with Crippen molar-refractivity contribution in [3.05, 3.63) is 33.8 Å². The second kappa shape index (κ2) is 6.31. The van der Waals surface area contributed by atoms with E-state index in [1.807, 2.05) is 19.0 Å². The van der Waals surface area contributed by atoms with Crippen molar-refractivity contribution in [2.45, 2.75) is 44.2 Å². The van der Waals surface area contributed by atoms with Gasteiger partial charge in [0.15, 0.2) is 0 Å². The number of hydrogen-bond acceptors (Lipinski definition) is 2. The first kappa shape index (κ1) is 16.8. The third kappa shape index (κ3) is 3.01. The Labute approximate surface area is 133 Å². The fourth-order valence-corrected chi connectivity index (χ4v) is 3.74. The van der Waals surface area contributed by atoms with Crippen molar-refractivity contribution in [1.82, 2.24) is 4.90 Å². The minimum atomic E-state index is -0.683. The lowest BCUT2D eigenvalue weighted by atomic mass is 9.70. The molecule has 0 heterocycles. The summed E-state index contributed by atoms with van der Waals surface area (Å²) in [6, 6.07) is 1.97. The van der Waals surface area contributed by atoms with Crippen LogP contribution >= 0.6 is 15.9 Å². The molecule has 0 bridgehead atoms. The van der Waals surface area contributed by atoms with E-state index in [0.29, 0.717) is 5.92 Å². The van der Waals surface area contributed by atoms with Gasteiger partial charge < -0.3 is 10.6 Å². The lowest BCUT2D eigenvalue weighted by molar-refractivity contribution is 0.0541. The van der Waals surface area contributed by atoms with Crippen molar-refractivity contribution in [3.8, 4) is 0 Å². The highest BCUT2D eigenvalue weighted by atomic mass is 79.9. The molecule has 1 aliphatic rings. The molecule has 2 rings (SSSR count). The van der Waals surface area contributed by atoms with Crippen molar-refractivity contribution in [3.63, 3.8) is 0 Å². The van der Waals surface area contributed by atoms with Gasteiger partial charge in [0.1, 0.15) is 11.6 Å². The Morgan fingerprint density at radius 2 is 1.86 bits per heavy atom. The van der Waals surface area contributed by atoms with E-state index in [9.17, 15) is 8.78 Å². The Morgan fingerprint density at radius 1 is 1.29 bits per heavy atom. The summed E-state index contributed by atoms with van der Waals surface area (Å²) in [6.45, 7) is 2.21. The predicted molar refractivity (Wildman–Crippen MR) is 85.0 cm³/mol. The Morgan fingerprint density at radius 3 is 2.38 bits per heavy atom. The maximum absolute atomic E-state index is 14.4. The van der Waals surface area contributed by atoms with Crippen LogP contribution < -0.4 is 5.73 Å². The second-order valence-corrected chi connectivity index (χ2v) is 7.27. The van der Waals surface area contributed by atoms with Gasteiger partial charge in [-0.3, -0.25) is 0 Å². The Kier molecular flexibility index (Phi) is 5.06. The van der Waals surface area contributed by atoms with E-state index in [4.69, 9.17) is 5.73 Å². The number of likely N-dealkylation sites (N-methyl/N-ethyl adjacent to an activating group) is 1. The van der Waals surface area contributed by atoms with Crippen LogP contribution in [0.15, 0.2) is 16.6 Å². The van der Waals surface area contributed by atoms with Crippen LogP contribution in [0.5, 0.6) is 0 Å². The topological polar surface area (TPSA) is 29.3 Å². The molecule has 5 heteroatoms. The van der Waals surface area contributed by atoms with E-state index in [1.165, 1.54) is 12.1 Å². The SMILES string of the molecule is CC1CCC(C(N)c2c(F)ccc(Br)c2F)(N(C)C)CC1. The van der Waals surface area contributed by atoms with E-state index in [-0.39, 0.29) is 10.0 Å². The molecule has 0 amide bonds. The van der Waals surface area contributed by atoms with Gasteiger partial charge in [0, 0.05) is 11.1 Å². The fraction of sp³-hybridized carbons (Fsp3) is 0.625. The summed E-state index contributed by atoms with van der Waals surface area (Å²) in [5.41, 5.74) is 5.98. The molecule has 1 saturated carbocycles. The first-order valence-electron chi connectivity index (χ1n) is 7.36. The Balaban J connectivity index is 2.45. The van der Waals surface area contributed by atoms with Gasteiger partial charge in [0.25, 0.3) is 0 Å². The minimum absolute atomic E-state index is 0.00683. The van der Waals surface area contributed by atoms with Gasteiger partial charge >= 0.3 is 0 Å². The second-order valence-electron chi connectivity index (χ2n) is 6.42. The zero-order chi connectivity index (χ0) is 15.8. The van der Waals surface area contributed by atoms with E-state index >= 15 is 0 Å². The van der Waals surface area contributed by atoms with Gasteiger partial charge in [-0.15, -0.1) is 0 Å². The van der Waals surface area contributed by atoms with Crippen molar-refractivity contribution in [1.29, 1.82) is 0 Å². The Bertz CT molecular complexity index is 511. The third-order valence-electron chi connectivity index (χ3n) is 5.00. The molecule has 2 N–H and O–H groups in total. The minimum Gasteiger partial charge on any atom is -0.322 e. The third-order valence-corrected chi connectivity index (χ3v) is 5.61. The van der Waals surface area contributed by atoms with E-state index in [0.717, 1.165) is 25.7 Å². The first-order chi connectivity index (χ1) is 9.79. The number of hydrogen-bond donors (Lipinski definition) is 1. The van der Waals surface area contributed by atoms with E-state index in [2.05, 4.69) is 22.9 Å². The number of nitrogens with zero attached hydrogens (tertiary/aromatic N) is 1. The van der Waals surface area contributed by atoms with Crippen molar-refractivity contribution in [2.24, 2.45) is 11.7 Å². The molecule has 0 saturated heterocycles. The van der Waals surface area contributed by atoms with Gasteiger partial charge in [-0.2, -0.15) is 0 Å². The molecule has 118 valence electrons. The summed E-state index contributed by atoms with van der Waals surface area (Å²) < 4.78 is 28.8. The van der Waals surface area contributed by atoms with Crippen LogP contribution in [0.2, 0.25) is 0 Å². The van der Waals surface area contributed by atoms with Crippen LogP contribution in [0.1, 0.15) is 44.2 Å². The number of halogens is 3. The van der Waals surface area contributed by atoms with Crippen LogP contribution in [0.3, 0.4) is 0 Å². The van der Waals surface area contributed by atoms with Gasteiger partial charge in [-0.05, 0) is 73.8 Å². The molecule has 1 aromatic carbocycles.